The molecule has 98 valence electrons. The molecular formula is C12H10ClFN4O. The number of hydrogen-bond acceptors (Lipinski definition) is 4. The number of anilines is 3. The van der Waals surface area contributed by atoms with Gasteiger partial charge in [0.25, 0.3) is 5.91 Å². The van der Waals surface area contributed by atoms with Crippen molar-refractivity contribution in [2.75, 3.05) is 11.1 Å². The number of carbonyl (C=O) groups excluding carboxylic acids is 1. The number of pyridine rings is 1. The molecule has 0 radical (unpaired) electrons. The van der Waals surface area contributed by atoms with Crippen LogP contribution in [0.4, 0.5) is 21.6 Å². The fourth-order valence-corrected chi connectivity index (χ4v) is 1.64. The van der Waals surface area contributed by atoms with E-state index in [-0.39, 0.29) is 27.8 Å². The van der Waals surface area contributed by atoms with Crippen molar-refractivity contribution in [1.29, 1.82) is 0 Å². The molecule has 1 heterocycles. The number of nitrogens with two attached hydrogens (primary N) is 2. The lowest BCUT2D eigenvalue weighted by Crippen LogP contribution is -2.14. The maximum atomic E-state index is 13.6. The number of rotatable bonds is 3. The molecule has 19 heavy (non-hydrogen) atoms. The maximum Gasteiger partial charge on any atom is 0.250 e. The van der Waals surface area contributed by atoms with Crippen LogP contribution in [0.5, 0.6) is 0 Å². The molecule has 1 aromatic heterocycles. The standard InChI is InChI=1S/C12H10ClFN4O/c13-6-1-2-10(8(14)3-6)18-11-4-7(12(16)19)9(15)5-17-11/h1-5H,15H2,(H2,16,19)(H,17,18). The van der Waals surface area contributed by atoms with Crippen molar-refractivity contribution in [3.8, 4) is 0 Å². The highest BCUT2D eigenvalue weighted by Gasteiger charge is 2.09. The highest BCUT2D eigenvalue weighted by molar-refractivity contribution is 6.30. The number of nitrogen functional groups attached to an aromatic ring is 1. The minimum absolute atomic E-state index is 0.117. The molecule has 7 heteroatoms. The van der Waals surface area contributed by atoms with Gasteiger partial charge in [0.05, 0.1) is 23.1 Å². The summed E-state index contributed by atoms with van der Waals surface area (Å²) in [4.78, 5) is 15.1. The van der Waals surface area contributed by atoms with E-state index in [1.165, 1.54) is 24.4 Å². The number of nitrogens with one attached hydrogen (secondary N) is 1. The summed E-state index contributed by atoms with van der Waals surface area (Å²) in [6.07, 6.45) is 1.27. The molecular weight excluding hydrogens is 271 g/mol. The van der Waals surface area contributed by atoms with Crippen molar-refractivity contribution >= 4 is 34.7 Å². The second-order valence-electron chi connectivity index (χ2n) is 3.77. The van der Waals surface area contributed by atoms with Crippen LogP contribution in [0.3, 0.4) is 0 Å². The molecule has 0 aliphatic rings. The van der Waals surface area contributed by atoms with Gasteiger partial charge in [0, 0.05) is 5.02 Å². The predicted octanol–water partition coefficient (Wildman–Crippen LogP) is 2.30. The lowest BCUT2D eigenvalue weighted by atomic mass is 10.2. The molecule has 5 N–H and O–H groups in total. The normalized spacial score (nSPS) is 10.2. The molecule has 1 amide bonds. The van der Waals surface area contributed by atoms with Crippen LogP contribution in [0.25, 0.3) is 0 Å². The van der Waals surface area contributed by atoms with Crippen molar-refractivity contribution in [2.45, 2.75) is 0 Å². The molecule has 0 aliphatic carbocycles. The van der Waals surface area contributed by atoms with E-state index < -0.39 is 11.7 Å². The summed E-state index contributed by atoms with van der Waals surface area (Å²) in [6, 6.07) is 5.50. The van der Waals surface area contributed by atoms with E-state index >= 15 is 0 Å². The highest BCUT2D eigenvalue weighted by atomic mass is 35.5. The van der Waals surface area contributed by atoms with Crippen LogP contribution in [0.2, 0.25) is 5.02 Å². The minimum atomic E-state index is -0.681. The molecule has 0 fully saturated rings. The SMILES string of the molecule is NC(=O)c1cc(Nc2ccc(Cl)cc2F)ncc1N. The van der Waals surface area contributed by atoms with Crippen LogP contribution in [0.15, 0.2) is 30.5 Å². The predicted molar refractivity (Wildman–Crippen MR) is 71.9 cm³/mol. The lowest BCUT2D eigenvalue weighted by molar-refractivity contribution is 0.100. The smallest absolute Gasteiger partial charge is 0.250 e. The number of halogens is 2. The van der Waals surface area contributed by atoms with Crippen molar-refractivity contribution in [1.82, 2.24) is 4.98 Å². The Kier molecular flexibility index (Phi) is 3.52. The molecule has 1 aromatic carbocycles. The molecule has 2 aromatic rings. The van der Waals surface area contributed by atoms with Gasteiger partial charge >= 0.3 is 0 Å². The summed E-state index contributed by atoms with van der Waals surface area (Å²) in [5.41, 5.74) is 11.2. The Morgan fingerprint density at radius 2 is 2.11 bits per heavy atom. The number of nitrogens with zero attached hydrogens (tertiary/aromatic N) is 1. The average Bonchev–Trinajstić information content (AvgIpc) is 2.34. The quantitative estimate of drug-likeness (QED) is 0.804. The van der Waals surface area contributed by atoms with Gasteiger partial charge in [0.1, 0.15) is 11.6 Å². The zero-order chi connectivity index (χ0) is 14.0. The third-order valence-corrected chi connectivity index (χ3v) is 2.63. The fourth-order valence-electron chi connectivity index (χ4n) is 1.48. The number of aromatic nitrogens is 1. The second kappa shape index (κ2) is 5.11. The Labute approximate surface area is 113 Å². The molecule has 0 unspecified atom stereocenters. The number of amides is 1. The van der Waals surface area contributed by atoms with Gasteiger partial charge in [-0.3, -0.25) is 4.79 Å². The Balaban J connectivity index is 2.33. The first kappa shape index (κ1) is 13.1. The third kappa shape index (κ3) is 2.92. The first-order valence-electron chi connectivity index (χ1n) is 5.25. The van der Waals surface area contributed by atoms with E-state index in [0.717, 1.165) is 6.07 Å². The summed E-state index contributed by atoms with van der Waals surface area (Å²) >= 11 is 5.65. The van der Waals surface area contributed by atoms with Crippen LogP contribution >= 0.6 is 11.6 Å². The van der Waals surface area contributed by atoms with Crippen molar-refractivity contribution in [3.63, 3.8) is 0 Å². The summed E-state index contributed by atoms with van der Waals surface area (Å²) < 4.78 is 13.6. The number of primary amides is 1. The van der Waals surface area contributed by atoms with Crippen molar-refractivity contribution in [3.05, 3.63) is 46.9 Å². The van der Waals surface area contributed by atoms with Gasteiger partial charge in [-0.1, -0.05) is 11.6 Å². The highest BCUT2D eigenvalue weighted by Crippen LogP contribution is 2.23. The van der Waals surface area contributed by atoms with E-state index in [4.69, 9.17) is 23.1 Å². The summed E-state index contributed by atoms with van der Waals surface area (Å²) in [6.45, 7) is 0. The van der Waals surface area contributed by atoms with Gasteiger partial charge in [0.15, 0.2) is 0 Å². The summed E-state index contributed by atoms with van der Waals surface area (Å²) in [7, 11) is 0. The van der Waals surface area contributed by atoms with E-state index in [9.17, 15) is 9.18 Å². The summed E-state index contributed by atoms with van der Waals surface area (Å²) in [5, 5.41) is 3.00. The zero-order valence-electron chi connectivity index (χ0n) is 9.65. The lowest BCUT2D eigenvalue weighted by Gasteiger charge is -2.09. The number of carbonyl (C=O) groups is 1. The number of hydrogen-bond donors (Lipinski definition) is 3. The zero-order valence-corrected chi connectivity index (χ0v) is 10.4. The molecule has 0 bridgehead atoms. The Morgan fingerprint density at radius 1 is 1.37 bits per heavy atom. The third-order valence-electron chi connectivity index (χ3n) is 2.39. The van der Waals surface area contributed by atoms with Crippen LogP contribution < -0.4 is 16.8 Å². The minimum Gasteiger partial charge on any atom is -0.397 e. The topological polar surface area (TPSA) is 94.0 Å². The Hall–Kier alpha value is -2.34. The van der Waals surface area contributed by atoms with Crippen LogP contribution in [-0.2, 0) is 0 Å². The molecule has 2 rings (SSSR count). The largest absolute Gasteiger partial charge is 0.397 e. The van der Waals surface area contributed by atoms with Crippen molar-refractivity contribution in [2.24, 2.45) is 5.73 Å². The second-order valence-corrected chi connectivity index (χ2v) is 4.21. The molecule has 0 saturated carbocycles. The first-order chi connectivity index (χ1) is 8.97. The fraction of sp³-hybridized carbons (Fsp3) is 0. The maximum absolute atomic E-state index is 13.6. The first-order valence-corrected chi connectivity index (χ1v) is 5.62. The molecule has 0 saturated heterocycles. The molecule has 0 atom stereocenters. The van der Waals surface area contributed by atoms with E-state index in [1.54, 1.807) is 0 Å². The van der Waals surface area contributed by atoms with Gasteiger partial charge in [-0.15, -0.1) is 0 Å². The average molecular weight is 281 g/mol. The van der Waals surface area contributed by atoms with E-state index in [1.807, 2.05) is 0 Å². The van der Waals surface area contributed by atoms with Crippen LogP contribution in [0, 0.1) is 5.82 Å². The van der Waals surface area contributed by atoms with Gasteiger partial charge < -0.3 is 16.8 Å². The van der Waals surface area contributed by atoms with Crippen molar-refractivity contribution < 1.29 is 9.18 Å². The molecule has 5 nitrogen and oxygen atoms in total. The van der Waals surface area contributed by atoms with Gasteiger partial charge in [0.2, 0.25) is 0 Å². The Bertz CT molecular complexity index is 648. The molecule has 0 aliphatic heterocycles. The summed E-state index contributed by atoms with van der Waals surface area (Å²) in [5.74, 6) is -0.962. The van der Waals surface area contributed by atoms with Crippen LogP contribution in [0.1, 0.15) is 10.4 Å². The van der Waals surface area contributed by atoms with Crippen LogP contribution in [-0.4, -0.2) is 10.9 Å². The van der Waals surface area contributed by atoms with E-state index in [0.29, 0.717) is 0 Å². The molecule has 0 spiro atoms. The van der Waals surface area contributed by atoms with E-state index in [2.05, 4.69) is 10.3 Å². The monoisotopic (exact) mass is 280 g/mol. The Morgan fingerprint density at radius 3 is 2.74 bits per heavy atom. The number of benzene rings is 1. The van der Waals surface area contributed by atoms with Gasteiger partial charge in [-0.05, 0) is 24.3 Å². The van der Waals surface area contributed by atoms with Gasteiger partial charge in [-0.2, -0.15) is 0 Å². The van der Waals surface area contributed by atoms with Gasteiger partial charge in [-0.25, -0.2) is 9.37 Å².